The second-order valence-corrected chi connectivity index (χ2v) is 6.81. The summed E-state index contributed by atoms with van der Waals surface area (Å²) >= 11 is 0. The molecule has 1 aliphatic rings. The third-order valence-corrected chi connectivity index (χ3v) is 5.01. The van der Waals surface area contributed by atoms with E-state index in [2.05, 4.69) is 15.2 Å². The van der Waals surface area contributed by atoms with E-state index < -0.39 is 0 Å². The summed E-state index contributed by atoms with van der Waals surface area (Å²) in [5.74, 6) is -0.187. The molecule has 0 unspecified atom stereocenters. The van der Waals surface area contributed by atoms with Crippen LogP contribution in [0.1, 0.15) is 28.4 Å². The highest BCUT2D eigenvalue weighted by Gasteiger charge is 2.22. The predicted molar refractivity (Wildman–Crippen MR) is 109 cm³/mol. The van der Waals surface area contributed by atoms with Crippen LogP contribution in [0, 0.1) is 13.8 Å². The van der Waals surface area contributed by atoms with Gasteiger partial charge in [0.25, 0.3) is 5.91 Å². The Morgan fingerprint density at radius 1 is 1.14 bits per heavy atom. The summed E-state index contributed by atoms with van der Waals surface area (Å²) in [7, 11) is 0. The fraction of sp³-hybridized carbons (Fsp3) is 0.381. The second kappa shape index (κ2) is 8.73. The summed E-state index contributed by atoms with van der Waals surface area (Å²) < 4.78 is 5.05. The minimum atomic E-state index is -0.276. The lowest BCUT2D eigenvalue weighted by Gasteiger charge is -2.35. The van der Waals surface area contributed by atoms with Crippen molar-refractivity contribution in [3.8, 4) is 0 Å². The van der Waals surface area contributed by atoms with E-state index in [0.29, 0.717) is 38.3 Å². The number of hydrogen-bond donors (Lipinski definition) is 1. The molecule has 148 valence electrons. The highest BCUT2D eigenvalue weighted by atomic mass is 16.6. The third-order valence-electron chi connectivity index (χ3n) is 5.01. The molecule has 3 rings (SSSR count). The van der Waals surface area contributed by atoms with Crippen LogP contribution in [0.5, 0.6) is 0 Å². The van der Waals surface area contributed by atoms with E-state index in [1.165, 1.54) is 0 Å². The summed E-state index contributed by atoms with van der Waals surface area (Å²) in [6, 6.07) is 7.68. The van der Waals surface area contributed by atoms with Crippen molar-refractivity contribution >= 4 is 23.4 Å². The van der Waals surface area contributed by atoms with E-state index in [1.807, 2.05) is 38.1 Å². The molecule has 1 N–H and O–H groups in total. The van der Waals surface area contributed by atoms with Crippen LogP contribution in [0.3, 0.4) is 0 Å². The molecule has 1 fully saturated rings. The van der Waals surface area contributed by atoms with Gasteiger partial charge >= 0.3 is 6.09 Å². The molecule has 1 saturated heterocycles. The molecule has 7 nitrogen and oxygen atoms in total. The molecule has 1 aromatic carbocycles. The van der Waals surface area contributed by atoms with Crippen LogP contribution in [0.25, 0.3) is 0 Å². The van der Waals surface area contributed by atoms with Gasteiger partial charge in [0.15, 0.2) is 0 Å². The summed E-state index contributed by atoms with van der Waals surface area (Å²) in [6.45, 7) is 8.68. The lowest BCUT2D eigenvalue weighted by atomic mass is 10.1. The van der Waals surface area contributed by atoms with E-state index >= 15 is 0 Å². The zero-order valence-electron chi connectivity index (χ0n) is 16.6. The molecule has 2 amide bonds. The number of nitrogens with zero attached hydrogens (tertiary/aromatic N) is 3. The normalized spacial score (nSPS) is 14.0. The van der Waals surface area contributed by atoms with Crippen molar-refractivity contribution < 1.29 is 14.3 Å². The topological polar surface area (TPSA) is 74.8 Å². The first kappa shape index (κ1) is 19.7. The van der Waals surface area contributed by atoms with Crippen LogP contribution in [-0.2, 0) is 4.74 Å². The summed E-state index contributed by atoms with van der Waals surface area (Å²) in [4.78, 5) is 32.6. The first-order valence-corrected chi connectivity index (χ1v) is 9.49. The molecule has 0 radical (unpaired) electrons. The molecular formula is C21H26N4O3. The van der Waals surface area contributed by atoms with Crippen LogP contribution in [-0.4, -0.2) is 54.7 Å². The molecule has 1 aliphatic heterocycles. The second-order valence-electron chi connectivity index (χ2n) is 6.81. The van der Waals surface area contributed by atoms with Gasteiger partial charge in [-0.05, 0) is 44.0 Å². The fourth-order valence-corrected chi connectivity index (χ4v) is 3.17. The van der Waals surface area contributed by atoms with Crippen LogP contribution in [0.4, 0.5) is 16.2 Å². The number of ether oxygens (including phenoxy) is 1. The molecule has 0 aliphatic carbocycles. The van der Waals surface area contributed by atoms with Gasteiger partial charge in [-0.15, -0.1) is 0 Å². The van der Waals surface area contributed by atoms with Crippen LogP contribution in [0.2, 0.25) is 0 Å². The van der Waals surface area contributed by atoms with Gasteiger partial charge in [-0.25, -0.2) is 4.79 Å². The van der Waals surface area contributed by atoms with Gasteiger partial charge in [0, 0.05) is 38.1 Å². The van der Waals surface area contributed by atoms with Gasteiger partial charge in [0.1, 0.15) is 0 Å². The van der Waals surface area contributed by atoms with E-state index in [4.69, 9.17) is 4.74 Å². The molecule has 0 atom stereocenters. The molecule has 2 heterocycles. The Labute approximate surface area is 165 Å². The minimum Gasteiger partial charge on any atom is -0.450 e. The zero-order chi connectivity index (χ0) is 20.1. The number of aryl methyl sites for hydroxylation is 1. The Balaban J connectivity index is 1.66. The van der Waals surface area contributed by atoms with Crippen LogP contribution >= 0.6 is 0 Å². The average molecular weight is 382 g/mol. The first-order valence-electron chi connectivity index (χ1n) is 9.49. The van der Waals surface area contributed by atoms with Crippen molar-refractivity contribution in [3.05, 3.63) is 53.3 Å². The lowest BCUT2D eigenvalue weighted by molar-refractivity contribution is 0.102. The Hall–Kier alpha value is -3.09. The summed E-state index contributed by atoms with van der Waals surface area (Å²) in [6.07, 6.45) is 3.04. The number of pyridine rings is 1. The predicted octanol–water partition coefficient (Wildman–Crippen LogP) is 3.23. The highest BCUT2D eigenvalue weighted by molar-refractivity contribution is 6.05. The van der Waals surface area contributed by atoms with Crippen molar-refractivity contribution in [2.45, 2.75) is 20.8 Å². The van der Waals surface area contributed by atoms with E-state index in [-0.39, 0.29) is 12.0 Å². The zero-order valence-corrected chi connectivity index (χ0v) is 16.6. The van der Waals surface area contributed by atoms with Crippen LogP contribution in [0.15, 0.2) is 36.7 Å². The Kier molecular flexibility index (Phi) is 6.13. The largest absolute Gasteiger partial charge is 0.450 e. The SMILES string of the molecule is CCOC(=O)N1CCN(c2cncc(C(=O)Nc3cccc(C)c3C)c2)CC1. The molecule has 1 aromatic heterocycles. The maximum Gasteiger partial charge on any atom is 0.409 e. The number of anilines is 2. The lowest BCUT2D eigenvalue weighted by Crippen LogP contribution is -2.49. The molecule has 28 heavy (non-hydrogen) atoms. The monoisotopic (exact) mass is 382 g/mol. The van der Waals surface area contributed by atoms with Crippen molar-refractivity contribution in [3.63, 3.8) is 0 Å². The fourth-order valence-electron chi connectivity index (χ4n) is 3.17. The van der Waals surface area contributed by atoms with Gasteiger partial charge in [0.2, 0.25) is 0 Å². The number of piperazine rings is 1. The van der Waals surface area contributed by atoms with Crippen LogP contribution < -0.4 is 10.2 Å². The van der Waals surface area contributed by atoms with E-state index in [1.54, 1.807) is 24.2 Å². The molecular weight excluding hydrogens is 356 g/mol. The summed E-state index contributed by atoms with van der Waals surface area (Å²) in [5, 5.41) is 2.97. The van der Waals surface area contributed by atoms with Gasteiger partial charge in [-0.3, -0.25) is 9.78 Å². The Morgan fingerprint density at radius 2 is 1.89 bits per heavy atom. The quantitative estimate of drug-likeness (QED) is 0.879. The molecule has 2 aromatic rings. The number of amides is 2. The number of hydrogen-bond acceptors (Lipinski definition) is 5. The van der Waals surface area contributed by atoms with Gasteiger partial charge < -0.3 is 19.9 Å². The molecule has 0 saturated carbocycles. The summed E-state index contributed by atoms with van der Waals surface area (Å²) in [5.41, 5.74) is 4.36. The minimum absolute atomic E-state index is 0.187. The molecule has 7 heteroatoms. The standard InChI is InChI=1S/C21H26N4O3/c1-4-28-21(27)25-10-8-24(9-11-25)18-12-17(13-22-14-18)20(26)23-19-7-5-6-15(2)16(19)3/h5-7,12-14H,4,8-11H2,1-3H3,(H,23,26). The van der Waals surface area contributed by atoms with Gasteiger partial charge in [0.05, 0.1) is 24.1 Å². The number of rotatable bonds is 4. The Morgan fingerprint density at radius 3 is 2.61 bits per heavy atom. The molecule has 0 spiro atoms. The third kappa shape index (κ3) is 4.42. The van der Waals surface area contributed by atoms with Crippen molar-refractivity contribution in [2.75, 3.05) is 43.0 Å². The Bertz CT molecular complexity index is 860. The number of carbonyl (C=O) groups excluding carboxylic acids is 2. The van der Waals surface area contributed by atoms with Crippen molar-refractivity contribution in [1.82, 2.24) is 9.88 Å². The number of nitrogens with one attached hydrogen (secondary N) is 1. The number of aromatic nitrogens is 1. The molecule has 0 bridgehead atoms. The highest BCUT2D eigenvalue weighted by Crippen LogP contribution is 2.21. The van der Waals surface area contributed by atoms with Crippen molar-refractivity contribution in [2.24, 2.45) is 0 Å². The average Bonchev–Trinajstić information content (AvgIpc) is 2.72. The number of carbonyl (C=O) groups is 2. The maximum absolute atomic E-state index is 12.7. The van der Waals surface area contributed by atoms with Gasteiger partial charge in [-0.1, -0.05) is 12.1 Å². The van der Waals surface area contributed by atoms with Crippen molar-refractivity contribution in [1.29, 1.82) is 0 Å². The first-order chi connectivity index (χ1) is 13.5. The maximum atomic E-state index is 12.7. The number of benzene rings is 1. The smallest absolute Gasteiger partial charge is 0.409 e. The van der Waals surface area contributed by atoms with E-state index in [9.17, 15) is 9.59 Å². The van der Waals surface area contributed by atoms with Gasteiger partial charge in [-0.2, -0.15) is 0 Å². The van der Waals surface area contributed by atoms with E-state index in [0.717, 1.165) is 22.5 Å².